The molecule has 0 bridgehead atoms. The highest BCUT2D eigenvalue weighted by Gasteiger charge is 2.08. The van der Waals surface area contributed by atoms with Gasteiger partial charge in [-0.2, -0.15) is 5.10 Å². The van der Waals surface area contributed by atoms with Crippen LogP contribution in [0.5, 0.6) is 5.75 Å². The van der Waals surface area contributed by atoms with Crippen LogP contribution in [0, 0.1) is 13.0 Å². The van der Waals surface area contributed by atoms with E-state index in [4.69, 9.17) is 9.57 Å². The van der Waals surface area contributed by atoms with E-state index in [1.807, 2.05) is 55.5 Å². The lowest BCUT2D eigenvalue weighted by molar-refractivity contribution is 0.106. The molecule has 0 N–H and O–H groups in total. The Balaban J connectivity index is 1.43. The molecule has 1 heterocycles. The van der Waals surface area contributed by atoms with E-state index < -0.39 is 0 Å². The van der Waals surface area contributed by atoms with Gasteiger partial charge in [-0.15, -0.1) is 0 Å². The maximum Gasteiger partial charge on any atom is 0.151 e. The van der Waals surface area contributed by atoms with Crippen molar-refractivity contribution in [3.63, 3.8) is 0 Å². The van der Waals surface area contributed by atoms with E-state index in [-0.39, 0.29) is 0 Å². The van der Waals surface area contributed by atoms with Gasteiger partial charge >= 0.3 is 0 Å². The van der Waals surface area contributed by atoms with Crippen LogP contribution in [-0.4, -0.2) is 33.7 Å². The maximum atomic E-state index is 5.74. The van der Waals surface area contributed by atoms with Crippen molar-refractivity contribution in [2.24, 2.45) is 5.16 Å². The summed E-state index contributed by atoms with van der Waals surface area (Å²) in [4.78, 5) is 9.57. The van der Waals surface area contributed by atoms with Crippen molar-refractivity contribution in [2.75, 3.05) is 13.2 Å². The summed E-state index contributed by atoms with van der Waals surface area (Å²) < 4.78 is 7.46. The summed E-state index contributed by atoms with van der Waals surface area (Å²) in [6.07, 6.45) is 3.16. The molecule has 3 aromatic carbocycles. The molecule has 0 unspecified atom stereocenters. The second-order valence-corrected chi connectivity index (χ2v) is 6.92. The highest BCUT2D eigenvalue weighted by Crippen LogP contribution is 2.20. The smallest absolute Gasteiger partial charge is 0.151 e. The van der Waals surface area contributed by atoms with Crippen LogP contribution in [-0.2, 0) is 11.4 Å². The van der Waals surface area contributed by atoms with Gasteiger partial charge < -0.3 is 9.57 Å². The first-order valence-corrected chi connectivity index (χ1v) is 10.1. The van der Waals surface area contributed by atoms with Crippen LogP contribution in [0.15, 0.2) is 90.6 Å². The fourth-order valence-electron chi connectivity index (χ4n) is 3.10. The van der Waals surface area contributed by atoms with E-state index in [0.717, 1.165) is 28.2 Å². The molecular weight excluding hydrogens is 388 g/mol. The Kier molecular flexibility index (Phi) is 6.70. The largest absolute Gasteiger partial charge is 0.490 e. The third-order valence-electron chi connectivity index (χ3n) is 4.72. The fourth-order valence-corrected chi connectivity index (χ4v) is 3.10. The van der Waals surface area contributed by atoms with Crippen molar-refractivity contribution in [1.29, 1.82) is 0 Å². The molecule has 0 aliphatic heterocycles. The number of nitrogens with zero attached hydrogens (tertiary/aromatic N) is 4. The van der Waals surface area contributed by atoms with Crippen LogP contribution in [0.1, 0.15) is 11.1 Å². The second-order valence-electron chi connectivity index (χ2n) is 6.92. The van der Waals surface area contributed by atoms with Crippen LogP contribution in [0.2, 0.25) is 0 Å². The molecule has 6 nitrogen and oxygen atoms in total. The van der Waals surface area contributed by atoms with Crippen LogP contribution in [0.25, 0.3) is 11.1 Å². The van der Waals surface area contributed by atoms with E-state index in [1.165, 1.54) is 11.9 Å². The minimum Gasteiger partial charge on any atom is -0.490 e. The van der Waals surface area contributed by atoms with Gasteiger partial charge in [-0.1, -0.05) is 71.9 Å². The van der Waals surface area contributed by atoms with Crippen molar-refractivity contribution in [2.45, 2.75) is 13.5 Å². The Labute approximate surface area is 181 Å². The number of aryl methyl sites for hydroxylation is 1. The predicted molar refractivity (Wildman–Crippen MR) is 120 cm³/mol. The van der Waals surface area contributed by atoms with Gasteiger partial charge in [-0.3, -0.25) is 0 Å². The van der Waals surface area contributed by atoms with Crippen molar-refractivity contribution >= 4 is 5.71 Å². The molecule has 0 saturated carbocycles. The van der Waals surface area contributed by atoms with E-state index >= 15 is 0 Å². The molecule has 0 atom stereocenters. The SMILES string of the molecule is Cc1[c]cccc1OCCO/N=C(\Cn1cncn1)c1ccc(-c2ccccc2)cc1. The third-order valence-corrected chi connectivity index (χ3v) is 4.72. The highest BCUT2D eigenvalue weighted by atomic mass is 16.6. The van der Waals surface area contributed by atoms with Crippen LogP contribution >= 0.6 is 0 Å². The standard InChI is InChI=1S/C25H23N4O2/c1-20-7-5-6-10-25(20)30-15-16-31-28-24(17-29-19-26-18-27-29)23-13-11-22(12-14-23)21-8-3-2-4-9-21/h2-6,8-14,18-19H,15-17H2,1H3/b28-24+. The second kappa shape index (κ2) is 10.2. The number of ether oxygens (including phenoxy) is 1. The zero-order valence-corrected chi connectivity index (χ0v) is 17.3. The Morgan fingerprint density at radius 3 is 2.52 bits per heavy atom. The number of rotatable bonds is 9. The minimum atomic E-state index is 0.331. The lowest BCUT2D eigenvalue weighted by Crippen LogP contribution is -2.14. The first-order valence-electron chi connectivity index (χ1n) is 10.1. The summed E-state index contributed by atoms with van der Waals surface area (Å²) in [5.74, 6) is 0.800. The first kappa shape index (κ1) is 20.3. The van der Waals surface area contributed by atoms with E-state index in [0.29, 0.717) is 19.8 Å². The van der Waals surface area contributed by atoms with Gasteiger partial charge in [0.15, 0.2) is 6.61 Å². The topological polar surface area (TPSA) is 61.5 Å². The van der Waals surface area contributed by atoms with Gasteiger partial charge in [-0.25, -0.2) is 9.67 Å². The summed E-state index contributed by atoms with van der Waals surface area (Å²) >= 11 is 0. The number of benzene rings is 3. The Morgan fingerprint density at radius 2 is 1.77 bits per heavy atom. The van der Waals surface area contributed by atoms with Gasteiger partial charge in [0.1, 0.15) is 30.7 Å². The highest BCUT2D eigenvalue weighted by molar-refractivity contribution is 6.00. The monoisotopic (exact) mass is 411 g/mol. The Bertz CT molecular complexity index is 1110. The van der Waals surface area contributed by atoms with Crippen molar-refractivity contribution < 1.29 is 9.57 Å². The van der Waals surface area contributed by atoms with Crippen molar-refractivity contribution in [1.82, 2.24) is 14.8 Å². The summed E-state index contributed by atoms with van der Waals surface area (Å²) in [6, 6.07) is 27.3. The quantitative estimate of drug-likeness (QED) is 0.230. The molecule has 0 aliphatic rings. The van der Waals surface area contributed by atoms with Gasteiger partial charge in [0, 0.05) is 5.56 Å². The summed E-state index contributed by atoms with van der Waals surface area (Å²) in [5, 5.41) is 8.55. The van der Waals surface area contributed by atoms with Gasteiger partial charge in [-0.05, 0) is 35.7 Å². The Morgan fingerprint density at radius 1 is 0.968 bits per heavy atom. The minimum absolute atomic E-state index is 0.331. The Hall–Kier alpha value is -3.93. The summed E-state index contributed by atoms with van der Waals surface area (Å²) in [5.41, 5.74) is 5.01. The molecule has 0 aliphatic carbocycles. The van der Waals surface area contributed by atoms with Gasteiger partial charge in [0.25, 0.3) is 0 Å². The zero-order chi connectivity index (χ0) is 21.3. The molecule has 155 valence electrons. The molecule has 31 heavy (non-hydrogen) atoms. The molecule has 6 heteroatoms. The number of hydrogen-bond donors (Lipinski definition) is 0. The molecule has 1 aromatic heterocycles. The molecule has 4 aromatic rings. The number of oxime groups is 1. The first-order chi connectivity index (χ1) is 15.3. The summed E-state index contributed by atoms with van der Waals surface area (Å²) in [7, 11) is 0. The van der Waals surface area contributed by atoms with Crippen LogP contribution in [0.4, 0.5) is 0 Å². The van der Waals surface area contributed by atoms with E-state index in [9.17, 15) is 0 Å². The fraction of sp³-hybridized carbons (Fsp3) is 0.160. The van der Waals surface area contributed by atoms with Gasteiger partial charge in [0.05, 0.1) is 6.54 Å². The summed E-state index contributed by atoms with van der Waals surface area (Å²) in [6.45, 7) is 3.14. The van der Waals surface area contributed by atoms with Crippen LogP contribution in [0.3, 0.4) is 0 Å². The normalized spacial score (nSPS) is 11.3. The van der Waals surface area contributed by atoms with E-state index in [2.05, 4.69) is 45.6 Å². The predicted octanol–water partition coefficient (Wildman–Crippen LogP) is 4.55. The van der Waals surface area contributed by atoms with Crippen molar-refractivity contribution in [3.8, 4) is 16.9 Å². The maximum absolute atomic E-state index is 5.74. The number of hydrogen-bond acceptors (Lipinski definition) is 5. The zero-order valence-electron chi connectivity index (χ0n) is 17.3. The average Bonchev–Trinajstić information content (AvgIpc) is 3.33. The molecule has 4 rings (SSSR count). The van der Waals surface area contributed by atoms with Gasteiger partial charge in [0.2, 0.25) is 0 Å². The van der Waals surface area contributed by atoms with E-state index in [1.54, 1.807) is 11.0 Å². The molecule has 1 radical (unpaired) electrons. The average molecular weight is 411 g/mol. The van der Waals surface area contributed by atoms with Crippen molar-refractivity contribution in [3.05, 3.63) is 103 Å². The third kappa shape index (κ3) is 5.57. The number of aromatic nitrogens is 3. The van der Waals surface area contributed by atoms with Crippen LogP contribution < -0.4 is 4.74 Å². The molecule has 0 saturated heterocycles. The molecule has 0 fully saturated rings. The molecule has 0 amide bonds. The lowest BCUT2D eigenvalue weighted by Gasteiger charge is -2.10. The molecule has 0 spiro atoms. The lowest BCUT2D eigenvalue weighted by atomic mass is 10.0. The molecular formula is C25H23N4O2.